The predicted molar refractivity (Wildman–Crippen MR) is 164 cm³/mol. The lowest BCUT2D eigenvalue weighted by Crippen LogP contribution is -2.54. The first-order valence-electron chi connectivity index (χ1n) is 15.7. The fourth-order valence-corrected chi connectivity index (χ4v) is 5.93. The van der Waals surface area contributed by atoms with Crippen molar-refractivity contribution in [3.8, 4) is 0 Å². The van der Waals surface area contributed by atoms with Gasteiger partial charge >= 0.3 is 0 Å². The molecular formula is C32H47N7O4. The van der Waals surface area contributed by atoms with Crippen LogP contribution in [0.3, 0.4) is 0 Å². The minimum absolute atomic E-state index is 0.0519. The highest BCUT2D eigenvalue weighted by Crippen LogP contribution is 2.26. The van der Waals surface area contributed by atoms with Crippen LogP contribution in [-0.4, -0.2) is 88.5 Å². The van der Waals surface area contributed by atoms with Gasteiger partial charge in [-0.3, -0.25) is 23.9 Å². The Balaban J connectivity index is 1.38. The van der Waals surface area contributed by atoms with E-state index in [0.717, 1.165) is 62.7 Å². The molecule has 11 heteroatoms. The number of rotatable bonds is 11. The maximum absolute atomic E-state index is 13.5. The van der Waals surface area contributed by atoms with Crippen molar-refractivity contribution >= 4 is 23.6 Å². The van der Waals surface area contributed by atoms with Gasteiger partial charge in [0.1, 0.15) is 17.8 Å². The normalized spacial score (nSPS) is 17.9. The molecule has 2 heterocycles. The molecule has 2 aromatic rings. The molecular weight excluding hydrogens is 546 g/mol. The van der Waals surface area contributed by atoms with Crippen molar-refractivity contribution in [1.29, 1.82) is 0 Å². The van der Waals surface area contributed by atoms with Crippen molar-refractivity contribution in [3.63, 3.8) is 0 Å². The molecule has 11 nitrogen and oxygen atoms in total. The van der Waals surface area contributed by atoms with Crippen molar-refractivity contribution < 1.29 is 19.2 Å². The van der Waals surface area contributed by atoms with Crippen LogP contribution in [0.1, 0.15) is 73.5 Å². The lowest BCUT2D eigenvalue weighted by atomic mass is 9.91. The number of carbonyl (C=O) groups excluding carboxylic acids is 4. The molecule has 2 fully saturated rings. The number of hydrogen-bond donors (Lipinski definition) is 3. The van der Waals surface area contributed by atoms with Crippen molar-refractivity contribution in [2.24, 2.45) is 13.0 Å². The molecule has 4 rings (SSSR count). The summed E-state index contributed by atoms with van der Waals surface area (Å²) in [6, 6.07) is 8.16. The van der Waals surface area contributed by atoms with Crippen molar-refractivity contribution in [2.75, 3.05) is 33.2 Å². The maximum Gasteiger partial charge on any atom is 0.270 e. The standard InChI is InChI=1S/C32H47N7O4/c1-4-28(40)35-26(32(43)39-19-17-37(2)18-20-39)21-23-11-13-24(14-12-23)22-33-31(42)29(25-9-7-5-6-8-10-25)36-30(41)27-15-16-34-38(27)3/h11-16,25-26,29H,4-10,17-22H2,1-3H3,(H,33,42)(H,35,40)(H,36,41)/t26-,29?/m1/s1. The summed E-state index contributed by atoms with van der Waals surface area (Å²) in [5, 5.41) is 13.0. The summed E-state index contributed by atoms with van der Waals surface area (Å²) in [4.78, 5) is 56.0. The Morgan fingerprint density at radius 3 is 2.14 bits per heavy atom. The Morgan fingerprint density at radius 2 is 1.53 bits per heavy atom. The van der Waals surface area contributed by atoms with E-state index < -0.39 is 12.1 Å². The van der Waals surface area contributed by atoms with Crippen LogP contribution in [0, 0.1) is 5.92 Å². The summed E-state index contributed by atoms with van der Waals surface area (Å²) in [5.74, 6) is -0.610. The van der Waals surface area contributed by atoms with E-state index in [1.54, 1.807) is 26.2 Å². The Kier molecular flexibility index (Phi) is 11.7. The monoisotopic (exact) mass is 593 g/mol. The summed E-state index contributed by atoms with van der Waals surface area (Å²) >= 11 is 0. The molecule has 234 valence electrons. The summed E-state index contributed by atoms with van der Waals surface area (Å²) in [7, 11) is 3.75. The van der Waals surface area contributed by atoms with Gasteiger partial charge in [0, 0.05) is 58.8 Å². The zero-order chi connectivity index (χ0) is 30.8. The number of benzene rings is 1. The number of aryl methyl sites for hydroxylation is 1. The SMILES string of the molecule is CCC(=O)N[C@H](Cc1ccc(CNC(=O)C(NC(=O)c2ccnn2C)C2CCCCCC2)cc1)C(=O)N1CCN(C)CC1. The molecule has 1 aromatic heterocycles. The molecule has 0 bridgehead atoms. The minimum atomic E-state index is -0.622. The molecule has 2 atom stereocenters. The topological polar surface area (TPSA) is 129 Å². The van der Waals surface area contributed by atoms with Crippen molar-refractivity contribution in [2.45, 2.75) is 76.9 Å². The van der Waals surface area contributed by atoms with Gasteiger partial charge in [-0.1, -0.05) is 56.9 Å². The largest absolute Gasteiger partial charge is 0.350 e. The number of nitrogens with one attached hydrogen (secondary N) is 3. The third kappa shape index (κ3) is 9.13. The van der Waals surface area contributed by atoms with E-state index in [1.165, 1.54) is 4.68 Å². The highest BCUT2D eigenvalue weighted by molar-refractivity contribution is 5.96. The maximum atomic E-state index is 13.5. The Labute approximate surface area is 254 Å². The van der Waals surface area contributed by atoms with Gasteiger partial charge in [-0.2, -0.15) is 5.10 Å². The molecule has 1 saturated carbocycles. The van der Waals surface area contributed by atoms with Gasteiger partial charge in [-0.25, -0.2) is 0 Å². The second kappa shape index (κ2) is 15.7. The summed E-state index contributed by atoms with van der Waals surface area (Å²) in [6.45, 7) is 5.03. The third-order valence-electron chi connectivity index (χ3n) is 8.69. The molecule has 3 N–H and O–H groups in total. The van der Waals surface area contributed by atoms with Gasteiger partial charge in [-0.05, 0) is 43.0 Å². The zero-order valence-corrected chi connectivity index (χ0v) is 25.8. The van der Waals surface area contributed by atoms with E-state index in [4.69, 9.17) is 0 Å². The molecule has 1 unspecified atom stereocenters. The highest BCUT2D eigenvalue weighted by atomic mass is 16.2. The fourth-order valence-electron chi connectivity index (χ4n) is 5.93. The van der Waals surface area contributed by atoms with Crippen LogP contribution in [0.2, 0.25) is 0 Å². The average molecular weight is 594 g/mol. The molecule has 2 aliphatic rings. The van der Waals surface area contributed by atoms with Gasteiger partial charge in [-0.15, -0.1) is 0 Å². The molecule has 4 amide bonds. The predicted octanol–water partition coefficient (Wildman–Crippen LogP) is 2.02. The number of aromatic nitrogens is 2. The average Bonchev–Trinajstić information content (AvgIpc) is 3.27. The summed E-state index contributed by atoms with van der Waals surface area (Å²) in [6.07, 6.45) is 8.49. The van der Waals surface area contributed by atoms with E-state index in [2.05, 4.69) is 25.9 Å². The van der Waals surface area contributed by atoms with Crippen LogP contribution in [0.25, 0.3) is 0 Å². The van der Waals surface area contributed by atoms with Crippen LogP contribution >= 0.6 is 0 Å². The van der Waals surface area contributed by atoms with E-state index in [-0.39, 0.29) is 29.5 Å². The van der Waals surface area contributed by atoms with Crippen molar-refractivity contribution in [1.82, 2.24) is 35.5 Å². The third-order valence-corrected chi connectivity index (χ3v) is 8.69. The Morgan fingerprint density at radius 1 is 0.884 bits per heavy atom. The first-order chi connectivity index (χ1) is 20.7. The molecule has 1 saturated heterocycles. The number of likely N-dealkylation sites (N-methyl/N-ethyl adjacent to an activating group) is 1. The van der Waals surface area contributed by atoms with E-state index in [9.17, 15) is 19.2 Å². The molecule has 43 heavy (non-hydrogen) atoms. The van der Waals surface area contributed by atoms with Crippen LogP contribution in [0.5, 0.6) is 0 Å². The van der Waals surface area contributed by atoms with Crippen LogP contribution in [0.15, 0.2) is 36.5 Å². The lowest BCUT2D eigenvalue weighted by molar-refractivity contribution is -0.137. The zero-order valence-electron chi connectivity index (χ0n) is 25.8. The lowest BCUT2D eigenvalue weighted by Gasteiger charge is -2.34. The first kappa shape index (κ1) is 32.2. The van der Waals surface area contributed by atoms with E-state index in [0.29, 0.717) is 38.2 Å². The van der Waals surface area contributed by atoms with Crippen LogP contribution in [0.4, 0.5) is 0 Å². The van der Waals surface area contributed by atoms with Gasteiger partial charge in [0.15, 0.2) is 0 Å². The van der Waals surface area contributed by atoms with Crippen LogP contribution in [-0.2, 0) is 34.4 Å². The van der Waals surface area contributed by atoms with Gasteiger partial charge in [0.25, 0.3) is 5.91 Å². The number of nitrogens with zero attached hydrogens (tertiary/aromatic N) is 4. The van der Waals surface area contributed by atoms with Gasteiger partial charge in [0.2, 0.25) is 17.7 Å². The Bertz CT molecular complexity index is 1230. The van der Waals surface area contributed by atoms with Gasteiger partial charge < -0.3 is 25.8 Å². The first-order valence-corrected chi connectivity index (χ1v) is 15.7. The minimum Gasteiger partial charge on any atom is -0.350 e. The second-order valence-corrected chi connectivity index (χ2v) is 11.9. The Hall–Kier alpha value is -3.73. The smallest absolute Gasteiger partial charge is 0.270 e. The molecule has 1 aromatic carbocycles. The molecule has 0 spiro atoms. The second-order valence-electron chi connectivity index (χ2n) is 11.9. The van der Waals surface area contributed by atoms with E-state index >= 15 is 0 Å². The number of piperazine rings is 1. The van der Waals surface area contributed by atoms with Crippen molar-refractivity contribution in [3.05, 3.63) is 53.3 Å². The highest BCUT2D eigenvalue weighted by Gasteiger charge is 2.31. The van der Waals surface area contributed by atoms with E-state index in [1.807, 2.05) is 36.2 Å². The molecule has 1 aliphatic heterocycles. The molecule has 1 aliphatic carbocycles. The van der Waals surface area contributed by atoms with Gasteiger partial charge in [0.05, 0.1) is 0 Å². The molecule has 0 radical (unpaired) electrons. The number of carbonyl (C=O) groups is 4. The summed E-state index contributed by atoms with van der Waals surface area (Å²) < 4.78 is 1.51. The van der Waals surface area contributed by atoms with Crippen LogP contribution < -0.4 is 16.0 Å². The number of hydrogen-bond acceptors (Lipinski definition) is 6. The quantitative estimate of drug-likeness (QED) is 0.342. The fraction of sp³-hybridized carbons (Fsp3) is 0.594. The number of amides is 4. The summed E-state index contributed by atoms with van der Waals surface area (Å²) in [5.41, 5.74) is 2.26.